The van der Waals surface area contributed by atoms with Crippen LogP contribution in [0.4, 0.5) is 4.79 Å². The van der Waals surface area contributed by atoms with E-state index in [1.165, 1.54) is 0 Å². The SMILES string of the molecule is CCOc1ccc(CNC(=O)NN)cc1. The highest BCUT2D eigenvalue weighted by Gasteiger charge is 1.97. The normalized spacial score (nSPS) is 9.47. The maximum Gasteiger partial charge on any atom is 0.329 e. The number of carbonyl (C=O) groups excluding carboxylic acids is 1. The molecule has 5 nitrogen and oxygen atoms in total. The van der Waals surface area contributed by atoms with E-state index in [0.29, 0.717) is 13.2 Å². The van der Waals surface area contributed by atoms with Gasteiger partial charge in [-0.25, -0.2) is 10.6 Å². The molecule has 0 fully saturated rings. The van der Waals surface area contributed by atoms with Gasteiger partial charge in [0.2, 0.25) is 0 Å². The number of benzene rings is 1. The summed E-state index contributed by atoms with van der Waals surface area (Å²) in [4.78, 5) is 10.8. The zero-order valence-electron chi connectivity index (χ0n) is 8.62. The number of amides is 2. The zero-order chi connectivity index (χ0) is 11.1. The minimum atomic E-state index is -0.399. The topological polar surface area (TPSA) is 76.4 Å². The molecule has 0 saturated carbocycles. The average molecular weight is 209 g/mol. The lowest BCUT2D eigenvalue weighted by molar-refractivity contribution is 0.241. The van der Waals surface area contributed by atoms with Crippen molar-refractivity contribution in [2.75, 3.05) is 6.61 Å². The molecule has 1 aromatic rings. The number of carbonyl (C=O) groups is 1. The fourth-order valence-corrected chi connectivity index (χ4v) is 1.10. The summed E-state index contributed by atoms with van der Waals surface area (Å²) in [5, 5.41) is 2.58. The van der Waals surface area contributed by atoms with Crippen LogP contribution < -0.4 is 21.3 Å². The Kier molecular flexibility index (Phi) is 4.43. The van der Waals surface area contributed by atoms with Crippen molar-refractivity contribution in [2.24, 2.45) is 5.84 Å². The van der Waals surface area contributed by atoms with Crippen LogP contribution >= 0.6 is 0 Å². The minimum absolute atomic E-state index is 0.399. The number of nitrogens with one attached hydrogen (secondary N) is 2. The molecule has 0 saturated heterocycles. The highest BCUT2D eigenvalue weighted by atomic mass is 16.5. The first kappa shape index (κ1) is 11.3. The molecule has 0 unspecified atom stereocenters. The van der Waals surface area contributed by atoms with Crippen LogP contribution in [-0.2, 0) is 6.54 Å². The fourth-order valence-electron chi connectivity index (χ4n) is 1.10. The summed E-state index contributed by atoms with van der Waals surface area (Å²) in [6.07, 6.45) is 0. The van der Waals surface area contributed by atoms with Gasteiger partial charge in [0.15, 0.2) is 0 Å². The molecule has 82 valence electrons. The van der Waals surface area contributed by atoms with Gasteiger partial charge in [0.1, 0.15) is 5.75 Å². The second kappa shape index (κ2) is 5.87. The van der Waals surface area contributed by atoms with Crippen molar-refractivity contribution >= 4 is 6.03 Å². The summed E-state index contributed by atoms with van der Waals surface area (Å²) in [5.74, 6) is 5.74. The van der Waals surface area contributed by atoms with Gasteiger partial charge in [-0.05, 0) is 24.6 Å². The maximum absolute atomic E-state index is 10.8. The van der Waals surface area contributed by atoms with Crippen LogP contribution in [0.5, 0.6) is 5.75 Å². The number of nitrogens with two attached hydrogens (primary N) is 1. The number of urea groups is 1. The Morgan fingerprint density at radius 1 is 1.40 bits per heavy atom. The molecule has 0 spiro atoms. The Morgan fingerprint density at radius 2 is 2.07 bits per heavy atom. The minimum Gasteiger partial charge on any atom is -0.494 e. The second-order valence-electron chi connectivity index (χ2n) is 2.90. The van der Waals surface area contributed by atoms with Crippen LogP contribution in [0.1, 0.15) is 12.5 Å². The van der Waals surface area contributed by atoms with Crippen molar-refractivity contribution in [1.29, 1.82) is 0 Å². The Hall–Kier alpha value is -1.75. The molecule has 0 aliphatic carbocycles. The first-order valence-electron chi connectivity index (χ1n) is 4.72. The van der Waals surface area contributed by atoms with Gasteiger partial charge < -0.3 is 10.1 Å². The summed E-state index contributed by atoms with van der Waals surface area (Å²) >= 11 is 0. The highest BCUT2D eigenvalue weighted by Crippen LogP contribution is 2.11. The molecule has 0 aliphatic heterocycles. The smallest absolute Gasteiger partial charge is 0.329 e. The van der Waals surface area contributed by atoms with Gasteiger partial charge >= 0.3 is 6.03 Å². The quantitative estimate of drug-likeness (QED) is 0.389. The van der Waals surface area contributed by atoms with Gasteiger partial charge in [0.05, 0.1) is 6.61 Å². The summed E-state index contributed by atoms with van der Waals surface area (Å²) in [6, 6.07) is 7.11. The monoisotopic (exact) mass is 209 g/mol. The van der Waals surface area contributed by atoms with Crippen LogP contribution in [0, 0.1) is 0 Å². The highest BCUT2D eigenvalue weighted by molar-refractivity contribution is 5.72. The van der Waals surface area contributed by atoms with E-state index in [4.69, 9.17) is 10.6 Å². The lowest BCUT2D eigenvalue weighted by Crippen LogP contribution is -2.39. The molecular weight excluding hydrogens is 194 g/mol. The van der Waals surface area contributed by atoms with Crippen LogP contribution in [-0.4, -0.2) is 12.6 Å². The Bertz CT molecular complexity index is 311. The van der Waals surface area contributed by atoms with E-state index in [1.807, 2.05) is 36.6 Å². The molecule has 0 heterocycles. The lowest BCUT2D eigenvalue weighted by Gasteiger charge is -2.06. The van der Waals surface area contributed by atoms with Gasteiger partial charge in [-0.3, -0.25) is 5.43 Å². The molecule has 0 radical (unpaired) electrons. The average Bonchev–Trinajstić information content (AvgIpc) is 2.28. The largest absolute Gasteiger partial charge is 0.494 e. The molecular formula is C10H15N3O2. The van der Waals surface area contributed by atoms with Crippen LogP contribution in [0.2, 0.25) is 0 Å². The third-order valence-corrected chi connectivity index (χ3v) is 1.82. The molecule has 1 aromatic carbocycles. The van der Waals surface area contributed by atoms with Crippen molar-refractivity contribution in [3.05, 3.63) is 29.8 Å². The summed E-state index contributed by atoms with van der Waals surface area (Å²) in [5.41, 5.74) is 2.98. The zero-order valence-corrected chi connectivity index (χ0v) is 8.62. The van der Waals surface area contributed by atoms with Gasteiger partial charge in [0.25, 0.3) is 0 Å². The predicted octanol–water partition coefficient (Wildman–Crippen LogP) is 0.758. The molecule has 0 atom stereocenters. The lowest BCUT2D eigenvalue weighted by atomic mass is 10.2. The van der Waals surface area contributed by atoms with E-state index in [9.17, 15) is 4.79 Å². The molecule has 0 bridgehead atoms. The molecule has 2 amide bonds. The predicted molar refractivity (Wildman–Crippen MR) is 57.2 cm³/mol. The number of hydrogen-bond acceptors (Lipinski definition) is 3. The van der Waals surface area contributed by atoms with E-state index in [1.54, 1.807) is 0 Å². The van der Waals surface area contributed by atoms with Crippen molar-refractivity contribution in [3.63, 3.8) is 0 Å². The number of rotatable bonds is 4. The van der Waals surface area contributed by atoms with Gasteiger partial charge in [0, 0.05) is 6.54 Å². The molecule has 5 heteroatoms. The Balaban J connectivity index is 2.45. The number of hydrazine groups is 1. The van der Waals surface area contributed by atoms with Crippen molar-refractivity contribution in [1.82, 2.24) is 10.7 Å². The van der Waals surface area contributed by atoms with Crippen molar-refractivity contribution in [3.8, 4) is 5.75 Å². The van der Waals surface area contributed by atoms with E-state index in [2.05, 4.69) is 5.32 Å². The molecule has 4 N–H and O–H groups in total. The fraction of sp³-hybridized carbons (Fsp3) is 0.300. The van der Waals surface area contributed by atoms with E-state index < -0.39 is 6.03 Å². The van der Waals surface area contributed by atoms with Crippen LogP contribution in [0.25, 0.3) is 0 Å². The van der Waals surface area contributed by atoms with Gasteiger partial charge in [-0.1, -0.05) is 12.1 Å². The summed E-state index contributed by atoms with van der Waals surface area (Å²) < 4.78 is 5.29. The first-order valence-corrected chi connectivity index (χ1v) is 4.72. The molecule has 0 aliphatic rings. The van der Waals surface area contributed by atoms with Gasteiger partial charge in [-0.15, -0.1) is 0 Å². The second-order valence-corrected chi connectivity index (χ2v) is 2.90. The number of ether oxygens (including phenoxy) is 1. The van der Waals surface area contributed by atoms with Crippen molar-refractivity contribution < 1.29 is 9.53 Å². The Labute approximate surface area is 88.6 Å². The van der Waals surface area contributed by atoms with Crippen LogP contribution in [0.3, 0.4) is 0 Å². The Morgan fingerprint density at radius 3 is 2.60 bits per heavy atom. The molecule has 0 aromatic heterocycles. The first-order chi connectivity index (χ1) is 7.26. The van der Waals surface area contributed by atoms with E-state index >= 15 is 0 Å². The summed E-state index contributed by atoms with van der Waals surface area (Å²) in [6.45, 7) is 3.02. The molecule has 15 heavy (non-hydrogen) atoms. The van der Waals surface area contributed by atoms with E-state index in [0.717, 1.165) is 11.3 Å². The van der Waals surface area contributed by atoms with Gasteiger partial charge in [-0.2, -0.15) is 0 Å². The van der Waals surface area contributed by atoms with Crippen molar-refractivity contribution in [2.45, 2.75) is 13.5 Å². The summed E-state index contributed by atoms with van der Waals surface area (Å²) in [7, 11) is 0. The molecule has 1 rings (SSSR count). The van der Waals surface area contributed by atoms with Crippen LogP contribution in [0.15, 0.2) is 24.3 Å². The maximum atomic E-state index is 10.8. The van der Waals surface area contributed by atoms with E-state index in [-0.39, 0.29) is 0 Å². The standard InChI is InChI=1S/C10H15N3O2/c1-2-15-9-5-3-8(4-6-9)7-12-10(14)13-11/h3-6H,2,7,11H2,1H3,(H2,12,13,14). The third-order valence-electron chi connectivity index (χ3n) is 1.82. The third kappa shape index (κ3) is 3.86. The number of hydrogen-bond donors (Lipinski definition) is 3.